The third-order valence-corrected chi connectivity index (χ3v) is 8.49. The maximum atomic E-state index is 14.0. The number of carbonyl (C=O) groups excluding carboxylic acids is 2. The summed E-state index contributed by atoms with van der Waals surface area (Å²) in [6.45, 7) is 8.67. The maximum Gasteiger partial charge on any atom is 0.275 e. The number of fused-ring (bicyclic) bond motifs is 3. The van der Waals surface area contributed by atoms with Crippen LogP contribution in [0.1, 0.15) is 61.1 Å². The van der Waals surface area contributed by atoms with Crippen molar-refractivity contribution in [2.45, 2.75) is 71.5 Å². The predicted molar refractivity (Wildman–Crippen MR) is 131 cm³/mol. The molecule has 1 aliphatic heterocycles. The number of rotatable bonds is 3. The average Bonchev–Trinajstić information content (AvgIpc) is 3.35. The zero-order valence-corrected chi connectivity index (χ0v) is 20.1. The van der Waals surface area contributed by atoms with Crippen LogP contribution in [-0.4, -0.2) is 28.0 Å². The Morgan fingerprint density at radius 2 is 1.97 bits per heavy atom. The monoisotopic (exact) mass is 449 g/mol. The molecule has 3 aromatic rings. The number of benzene rings is 1. The van der Waals surface area contributed by atoms with Gasteiger partial charge in [-0.2, -0.15) is 0 Å². The van der Waals surface area contributed by atoms with Crippen LogP contribution in [-0.2, 0) is 11.3 Å². The number of nitrogens with zero attached hydrogens (tertiary/aromatic N) is 2. The van der Waals surface area contributed by atoms with Crippen molar-refractivity contribution in [2.24, 2.45) is 5.92 Å². The fourth-order valence-corrected chi connectivity index (χ4v) is 6.25. The number of aryl methyl sites for hydroxylation is 1. The van der Waals surface area contributed by atoms with E-state index >= 15 is 0 Å². The van der Waals surface area contributed by atoms with E-state index in [0.29, 0.717) is 18.2 Å². The number of anilines is 1. The largest absolute Gasteiger partial charge is 0.351 e. The third kappa shape index (κ3) is 3.19. The van der Waals surface area contributed by atoms with E-state index in [1.165, 1.54) is 6.42 Å². The molecule has 0 radical (unpaired) electrons. The lowest BCUT2D eigenvalue weighted by atomic mass is 9.84. The molecular formula is C26H31N3O2S. The summed E-state index contributed by atoms with van der Waals surface area (Å²) in [7, 11) is 0. The highest BCUT2D eigenvalue weighted by molar-refractivity contribution is 7.17. The van der Waals surface area contributed by atoms with Crippen molar-refractivity contribution >= 4 is 39.1 Å². The Labute approximate surface area is 193 Å². The number of hydrogen-bond acceptors (Lipinski definition) is 3. The SMILES string of the molecule is Cc1cccc(N2C(=O)c3cc4sccc4n3CC2(C)C(=O)NC2CCCCC2C)c1C. The molecule has 2 amide bonds. The summed E-state index contributed by atoms with van der Waals surface area (Å²) < 4.78 is 3.12. The molecule has 5 rings (SSSR count). The number of hydrogen-bond donors (Lipinski definition) is 1. The first-order valence-corrected chi connectivity index (χ1v) is 12.5. The molecule has 168 valence electrons. The molecule has 1 aliphatic carbocycles. The number of aromatic nitrogens is 1. The summed E-state index contributed by atoms with van der Waals surface area (Å²) in [4.78, 5) is 29.7. The minimum absolute atomic E-state index is 0.0618. The zero-order valence-electron chi connectivity index (χ0n) is 19.3. The quantitative estimate of drug-likeness (QED) is 0.579. The van der Waals surface area contributed by atoms with Crippen molar-refractivity contribution in [1.29, 1.82) is 0 Å². The van der Waals surface area contributed by atoms with E-state index in [1.54, 1.807) is 16.2 Å². The molecule has 0 bridgehead atoms. The third-order valence-electron chi connectivity index (χ3n) is 7.64. The van der Waals surface area contributed by atoms with Gasteiger partial charge in [-0.1, -0.05) is 31.9 Å². The standard InChI is InChI=1S/C26H31N3O2S/c1-16-9-7-11-20(18(16)3)29-24(30)22-14-23-21(12-13-32-23)28(22)15-26(29,4)25(31)27-19-10-6-5-8-17(19)2/h7,9,11-14,17,19H,5-6,8,10,15H2,1-4H3,(H,27,31). The van der Waals surface area contributed by atoms with Gasteiger partial charge in [-0.3, -0.25) is 14.5 Å². The van der Waals surface area contributed by atoms with E-state index in [1.807, 2.05) is 61.1 Å². The van der Waals surface area contributed by atoms with E-state index in [4.69, 9.17) is 0 Å². The molecule has 2 aromatic heterocycles. The molecule has 3 heterocycles. The Bertz CT molecular complexity index is 1210. The van der Waals surface area contributed by atoms with Crippen molar-refractivity contribution in [1.82, 2.24) is 9.88 Å². The van der Waals surface area contributed by atoms with Crippen LogP contribution >= 0.6 is 11.3 Å². The van der Waals surface area contributed by atoms with Gasteiger partial charge in [0, 0.05) is 11.7 Å². The second-order valence-corrected chi connectivity index (χ2v) is 10.7. The minimum atomic E-state index is -1.02. The second kappa shape index (κ2) is 7.77. The molecule has 6 heteroatoms. The molecule has 0 spiro atoms. The lowest BCUT2D eigenvalue weighted by Crippen LogP contribution is -2.66. The molecule has 1 saturated carbocycles. The predicted octanol–water partition coefficient (Wildman–Crippen LogP) is 5.43. The van der Waals surface area contributed by atoms with Gasteiger partial charge in [0.05, 0.1) is 16.8 Å². The smallest absolute Gasteiger partial charge is 0.275 e. The van der Waals surface area contributed by atoms with E-state index in [9.17, 15) is 9.59 Å². The fourth-order valence-electron chi connectivity index (χ4n) is 5.42. The molecule has 0 saturated heterocycles. The van der Waals surface area contributed by atoms with Gasteiger partial charge in [0.2, 0.25) is 5.91 Å². The van der Waals surface area contributed by atoms with Crippen molar-refractivity contribution in [3.05, 3.63) is 52.5 Å². The normalized spacial score (nSPS) is 25.8. The highest BCUT2D eigenvalue weighted by Crippen LogP contribution is 2.39. The average molecular weight is 450 g/mol. The van der Waals surface area contributed by atoms with Crippen LogP contribution in [0.4, 0.5) is 5.69 Å². The van der Waals surface area contributed by atoms with Gasteiger partial charge in [-0.05, 0) is 74.2 Å². The summed E-state index contributed by atoms with van der Waals surface area (Å²) in [6.07, 6.45) is 4.51. The van der Waals surface area contributed by atoms with Gasteiger partial charge < -0.3 is 9.88 Å². The van der Waals surface area contributed by atoms with Crippen molar-refractivity contribution in [2.75, 3.05) is 4.90 Å². The summed E-state index contributed by atoms with van der Waals surface area (Å²) >= 11 is 1.63. The van der Waals surface area contributed by atoms with Crippen LogP contribution in [0.5, 0.6) is 0 Å². The molecule has 32 heavy (non-hydrogen) atoms. The van der Waals surface area contributed by atoms with E-state index in [2.05, 4.69) is 12.2 Å². The van der Waals surface area contributed by atoms with Gasteiger partial charge in [-0.15, -0.1) is 11.3 Å². The Morgan fingerprint density at radius 1 is 1.19 bits per heavy atom. The molecule has 2 aliphatic rings. The highest BCUT2D eigenvalue weighted by atomic mass is 32.1. The number of thiophene rings is 1. The summed E-state index contributed by atoms with van der Waals surface area (Å²) in [5, 5.41) is 5.40. The first-order chi connectivity index (χ1) is 15.3. The van der Waals surface area contributed by atoms with E-state index in [-0.39, 0.29) is 17.9 Å². The van der Waals surface area contributed by atoms with Gasteiger partial charge >= 0.3 is 0 Å². The molecule has 3 unspecified atom stereocenters. The zero-order chi connectivity index (χ0) is 22.6. The Hall–Kier alpha value is -2.60. The maximum absolute atomic E-state index is 14.0. The molecule has 3 atom stereocenters. The van der Waals surface area contributed by atoms with Crippen LogP contribution in [0.15, 0.2) is 35.7 Å². The lowest BCUT2D eigenvalue weighted by molar-refractivity contribution is -0.127. The van der Waals surface area contributed by atoms with Crippen LogP contribution < -0.4 is 10.2 Å². The first-order valence-electron chi connectivity index (χ1n) is 11.6. The topological polar surface area (TPSA) is 54.3 Å². The molecule has 1 aromatic carbocycles. The lowest BCUT2D eigenvalue weighted by Gasteiger charge is -2.45. The van der Waals surface area contributed by atoms with Crippen molar-refractivity contribution < 1.29 is 9.59 Å². The van der Waals surface area contributed by atoms with E-state index < -0.39 is 5.54 Å². The van der Waals surface area contributed by atoms with Crippen LogP contribution in [0.3, 0.4) is 0 Å². The molecule has 1 fully saturated rings. The highest BCUT2D eigenvalue weighted by Gasteiger charge is 2.49. The van der Waals surface area contributed by atoms with Gasteiger partial charge in [0.15, 0.2) is 0 Å². The van der Waals surface area contributed by atoms with Crippen LogP contribution in [0.25, 0.3) is 10.2 Å². The number of amides is 2. The van der Waals surface area contributed by atoms with Gasteiger partial charge in [0.1, 0.15) is 11.2 Å². The second-order valence-electron chi connectivity index (χ2n) is 9.76. The summed E-state index contributed by atoms with van der Waals surface area (Å²) in [6, 6.07) is 10.2. The summed E-state index contributed by atoms with van der Waals surface area (Å²) in [5.74, 6) is 0.284. The van der Waals surface area contributed by atoms with Gasteiger partial charge in [0.25, 0.3) is 5.91 Å². The summed E-state index contributed by atoms with van der Waals surface area (Å²) in [5.41, 5.74) is 3.63. The van der Waals surface area contributed by atoms with E-state index in [0.717, 1.165) is 46.3 Å². The molecule has 1 N–H and O–H groups in total. The van der Waals surface area contributed by atoms with Crippen molar-refractivity contribution in [3.63, 3.8) is 0 Å². The number of carbonyl (C=O) groups is 2. The Kier molecular flexibility index (Phi) is 5.16. The van der Waals surface area contributed by atoms with Crippen LogP contribution in [0, 0.1) is 19.8 Å². The molecular weight excluding hydrogens is 418 g/mol. The van der Waals surface area contributed by atoms with Crippen LogP contribution in [0.2, 0.25) is 0 Å². The number of nitrogens with one attached hydrogen (secondary N) is 1. The Morgan fingerprint density at radius 3 is 2.75 bits per heavy atom. The molecule has 5 nitrogen and oxygen atoms in total. The minimum Gasteiger partial charge on any atom is -0.351 e. The fraction of sp³-hybridized carbons (Fsp3) is 0.462. The van der Waals surface area contributed by atoms with Gasteiger partial charge in [-0.25, -0.2) is 0 Å². The Balaban J connectivity index is 1.63. The van der Waals surface area contributed by atoms with Crippen molar-refractivity contribution in [3.8, 4) is 0 Å². The first kappa shape index (κ1) is 21.3.